The summed E-state index contributed by atoms with van der Waals surface area (Å²) in [5.74, 6) is -0.506. The van der Waals surface area contributed by atoms with E-state index >= 15 is 0 Å². The minimum absolute atomic E-state index is 0.0676. The van der Waals surface area contributed by atoms with Crippen LogP contribution in [0.2, 0.25) is 0 Å². The molecule has 2 heterocycles. The summed E-state index contributed by atoms with van der Waals surface area (Å²) in [6.07, 6.45) is 6.66. The molecule has 0 fully saturated rings. The van der Waals surface area contributed by atoms with Crippen molar-refractivity contribution in [3.8, 4) is 6.07 Å². The molecule has 2 aliphatic rings. The topological polar surface area (TPSA) is 77.3 Å². The highest BCUT2D eigenvalue weighted by atomic mass is 16.1. The van der Waals surface area contributed by atoms with Gasteiger partial charge in [-0.25, -0.2) is 0 Å². The average Bonchev–Trinajstić information content (AvgIpc) is 2.66. The molecule has 1 amide bonds. The molecule has 1 aromatic rings. The Balaban J connectivity index is 1.67. The van der Waals surface area contributed by atoms with Crippen LogP contribution in [0.3, 0.4) is 0 Å². The molecule has 0 aliphatic carbocycles. The third kappa shape index (κ3) is 4.04. The summed E-state index contributed by atoms with van der Waals surface area (Å²) in [5.41, 5.74) is 3.68. The van der Waals surface area contributed by atoms with Crippen molar-refractivity contribution >= 4 is 11.6 Å². The summed E-state index contributed by atoms with van der Waals surface area (Å²) in [5, 5.41) is 15.9. The molecule has 2 atom stereocenters. The maximum Gasteiger partial charge on any atom is 0.251 e. The number of benzene rings is 1. The predicted octanol–water partition coefficient (Wildman–Crippen LogP) is 2.37. The van der Waals surface area contributed by atoms with Gasteiger partial charge in [0.15, 0.2) is 0 Å². The molecule has 0 bridgehead atoms. The Morgan fingerprint density at radius 1 is 1.48 bits per heavy atom. The van der Waals surface area contributed by atoms with Crippen molar-refractivity contribution in [2.24, 2.45) is 16.8 Å². The average molecular weight is 334 g/mol. The van der Waals surface area contributed by atoms with Gasteiger partial charge in [0.25, 0.3) is 5.91 Å². The van der Waals surface area contributed by atoms with Crippen LogP contribution >= 0.6 is 0 Å². The van der Waals surface area contributed by atoms with Crippen LogP contribution in [0.1, 0.15) is 22.3 Å². The molecule has 3 rings (SSSR count). The molecule has 0 aromatic heterocycles. The van der Waals surface area contributed by atoms with E-state index in [9.17, 15) is 10.1 Å². The molecule has 1 aromatic carbocycles. The number of hydrogen-bond acceptors (Lipinski definition) is 4. The van der Waals surface area contributed by atoms with Gasteiger partial charge in [0.2, 0.25) is 0 Å². The fourth-order valence-corrected chi connectivity index (χ4v) is 3.21. The Morgan fingerprint density at radius 2 is 2.36 bits per heavy atom. The van der Waals surface area contributed by atoms with Crippen molar-refractivity contribution in [3.05, 3.63) is 59.3 Å². The molecule has 0 saturated carbocycles. The van der Waals surface area contributed by atoms with Crippen LogP contribution < -0.4 is 10.6 Å². The van der Waals surface area contributed by atoms with E-state index in [4.69, 9.17) is 0 Å². The zero-order valence-corrected chi connectivity index (χ0v) is 14.3. The van der Waals surface area contributed by atoms with Gasteiger partial charge in [-0.2, -0.15) is 5.26 Å². The zero-order chi connectivity index (χ0) is 17.6. The van der Waals surface area contributed by atoms with Gasteiger partial charge in [-0.1, -0.05) is 29.8 Å². The molecular weight excluding hydrogens is 312 g/mol. The lowest BCUT2D eigenvalue weighted by Gasteiger charge is -2.26. The number of carbonyl (C=O) groups excluding carboxylic acids is 1. The molecule has 0 spiro atoms. The molecule has 5 heteroatoms. The number of nitrogens with one attached hydrogen (secondary N) is 2. The quantitative estimate of drug-likeness (QED) is 0.887. The van der Waals surface area contributed by atoms with Crippen molar-refractivity contribution in [1.82, 2.24) is 10.6 Å². The number of nitriles is 1. The first-order chi connectivity index (χ1) is 12.2. The second-order valence-corrected chi connectivity index (χ2v) is 6.39. The maximum absolute atomic E-state index is 12.3. The lowest BCUT2D eigenvalue weighted by atomic mass is 9.82. The van der Waals surface area contributed by atoms with Gasteiger partial charge < -0.3 is 10.6 Å². The lowest BCUT2D eigenvalue weighted by Crippen LogP contribution is -2.36. The first-order valence-corrected chi connectivity index (χ1v) is 8.58. The largest absolute Gasteiger partial charge is 0.351 e. The van der Waals surface area contributed by atoms with Crippen molar-refractivity contribution in [3.63, 3.8) is 0 Å². The Kier molecular flexibility index (Phi) is 5.42. The van der Waals surface area contributed by atoms with Gasteiger partial charge in [0.1, 0.15) is 0 Å². The highest BCUT2D eigenvalue weighted by molar-refractivity contribution is 6.04. The molecule has 5 nitrogen and oxygen atoms in total. The Hall–Kier alpha value is -2.71. The molecule has 0 saturated heterocycles. The third-order valence-corrected chi connectivity index (χ3v) is 4.58. The number of carbonyl (C=O) groups is 1. The van der Waals surface area contributed by atoms with E-state index in [1.165, 1.54) is 0 Å². The first kappa shape index (κ1) is 17.1. The van der Waals surface area contributed by atoms with Crippen LogP contribution in [0.25, 0.3) is 0 Å². The fourth-order valence-electron chi connectivity index (χ4n) is 3.21. The molecule has 2 aliphatic heterocycles. The van der Waals surface area contributed by atoms with Crippen LogP contribution in [-0.2, 0) is 0 Å². The number of aliphatic imine (C=N–C) groups is 1. The van der Waals surface area contributed by atoms with E-state index in [1.807, 2.05) is 31.2 Å². The van der Waals surface area contributed by atoms with Gasteiger partial charge >= 0.3 is 0 Å². The van der Waals surface area contributed by atoms with Crippen molar-refractivity contribution in [2.45, 2.75) is 13.3 Å². The second-order valence-electron chi connectivity index (χ2n) is 6.39. The summed E-state index contributed by atoms with van der Waals surface area (Å²) in [6, 6.07) is 9.87. The van der Waals surface area contributed by atoms with E-state index in [2.05, 4.69) is 27.8 Å². The summed E-state index contributed by atoms with van der Waals surface area (Å²) in [6.45, 7) is 4.10. The summed E-state index contributed by atoms with van der Waals surface area (Å²) in [4.78, 5) is 16.8. The number of rotatable bonds is 4. The van der Waals surface area contributed by atoms with E-state index < -0.39 is 0 Å². The van der Waals surface area contributed by atoms with Gasteiger partial charge in [-0.05, 0) is 37.6 Å². The first-order valence-electron chi connectivity index (χ1n) is 8.58. The van der Waals surface area contributed by atoms with Gasteiger partial charge in [-0.3, -0.25) is 9.79 Å². The minimum Gasteiger partial charge on any atom is -0.351 e. The number of nitrogens with zero attached hydrogens (tertiary/aromatic N) is 2. The lowest BCUT2D eigenvalue weighted by molar-refractivity contribution is 0.0948. The maximum atomic E-state index is 12.3. The summed E-state index contributed by atoms with van der Waals surface area (Å²) >= 11 is 0. The molecular formula is C20H22N4O. The Bertz CT molecular complexity index is 785. The summed E-state index contributed by atoms with van der Waals surface area (Å²) < 4.78 is 0. The van der Waals surface area contributed by atoms with E-state index in [1.54, 1.807) is 12.3 Å². The SMILES string of the molecule is Cc1cccc(C(=O)NCC2C=CN=C(C3=CCNCC3)[C@@H]2C#N)c1. The number of amides is 1. The van der Waals surface area contributed by atoms with Gasteiger partial charge in [-0.15, -0.1) is 0 Å². The van der Waals surface area contributed by atoms with E-state index in [0.717, 1.165) is 36.4 Å². The van der Waals surface area contributed by atoms with Crippen LogP contribution in [0.4, 0.5) is 0 Å². The zero-order valence-electron chi connectivity index (χ0n) is 14.3. The fraction of sp³-hybridized carbons (Fsp3) is 0.350. The molecule has 25 heavy (non-hydrogen) atoms. The Labute approximate surface area is 148 Å². The van der Waals surface area contributed by atoms with Crippen molar-refractivity contribution in [1.29, 1.82) is 5.26 Å². The van der Waals surface area contributed by atoms with Crippen LogP contribution in [0.5, 0.6) is 0 Å². The normalized spacial score (nSPS) is 22.6. The third-order valence-electron chi connectivity index (χ3n) is 4.58. The molecule has 0 radical (unpaired) electrons. The molecule has 1 unspecified atom stereocenters. The smallest absolute Gasteiger partial charge is 0.251 e. The standard InChI is InChI=1S/C20H22N4O/c1-14-3-2-4-16(11-14)20(25)24-13-17-7-10-23-19(18(17)12-21)15-5-8-22-9-6-15/h2-5,7,10-11,17-18,22H,6,8-9,13H2,1H3,(H,24,25)/t17?,18-/m1/s1. The summed E-state index contributed by atoms with van der Waals surface area (Å²) in [7, 11) is 0. The molecule has 128 valence electrons. The predicted molar refractivity (Wildman–Crippen MR) is 98.2 cm³/mol. The second kappa shape index (κ2) is 7.91. The van der Waals surface area contributed by atoms with Crippen molar-refractivity contribution < 1.29 is 4.79 Å². The highest BCUT2D eigenvalue weighted by Crippen LogP contribution is 2.25. The van der Waals surface area contributed by atoms with Crippen LogP contribution in [0.15, 0.2) is 53.2 Å². The van der Waals surface area contributed by atoms with Gasteiger partial charge in [0.05, 0.1) is 17.7 Å². The van der Waals surface area contributed by atoms with Crippen molar-refractivity contribution in [2.75, 3.05) is 19.6 Å². The van der Waals surface area contributed by atoms with E-state index in [-0.39, 0.29) is 17.7 Å². The minimum atomic E-state index is -0.327. The number of hydrogen-bond donors (Lipinski definition) is 2. The number of aryl methyl sites for hydroxylation is 1. The monoisotopic (exact) mass is 334 g/mol. The van der Waals surface area contributed by atoms with Crippen LogP contribution in [-0.4, -0.2) is 31.3 Å². The van der Waals surface area contributed by atoms with Gasteiger partial charge in [0, 0.05) is 30.8 Å². The highest BCUT2D eigenvalue weighted by Gasteiger charge is 2.29. The Morgan fingerprint density at radius 3 is 3.08 bits per heavy atom. The van der Waals surface area contributed by atoms with E-state index in [0.29, 0.717) is 12.1 Å². The molecule has 2 N–H and O–H groups in total. The van der Waals surface area contributed by atoms with Crippen LogP contribution in [0, 0.1) is 30.1 Å².